The van der Waals surface area contributed by atoms with Crippen molar-refractivity contribution in [3.63, 3.8) is 0 Å². The molecule has 1 aliphatic rings. The number of aliphatic hydroxyl groups is 1. The van der Waals surface area contributed by atoms with Crippen LogP contribution in [-0.4, -0.2) is 28.8 Å². The molecule has 1 atom stereocenters. The molecule has 1 saturated heterocycles. The normalized spacial score (nSPS) is 17.9. The smallest absolute Gasteiger partial charge is 0.296 e. The molecule has 0 saturated carbocycles. The number of rotatable bonds is 5. The van der Waals surface area contributed by atoms with Gasteiger partial charge in [-0.1, -0.05) is 39.0 Å². The minimum absolute atomic E-state index is 0.00949. The number of ketones is 1. The van der Waals surface area contributed by atoms with Gasteiger partial charge in [-0.3, -0.25) is 9.59 Å². The van der Waals surface area contributed by atoms with E-state index in [1.807, 2.05) is 26.8 Å². The number of furan rings is 1. The number of carbonyl (C=O) groups is 2. The summed E-state index contributed by atoms with van der Waals surface area (Å²) in [6, 6.07) is 13.3. The van der Waals surface area contributed by atoms with Gasteiger partial charge in [0.15, 0.2) is 0 Å². The second-order valence-corrected chi connectivity index (χ2v) is 9.22. The molecule has 3 aromatic rings. The van der Waals surface area contributed by atoms with Crippen LogP contribution < -0.4 is 4.74 Å². The number of halogens is 1. The lowest BCUT2D eigenvalue weighted by atomic mass is 9.85. The van der Waals surface area contributed by atoms with Gasteiger partial charge in [0.25, 0.3) is 11.7 Å². The number of benzene rings is 2. The Morgan fingerprint density at radius 1 is 1.12 bits per heavy atom. The monoisotopic (exact) mass is 463 g/mol. The summed E-state index contributed by atoms with van der Waals surface area (Å²) in [5, 5.41) is 11.4. The van der Waals surface area contributed by atoms with Gasteiger partial charge in [0.2, 0.25) is 0 Å². The van der Waals surface area contributed by atoms with E-state index in [-0.39, 0.29) is 23.3 Å². The molecule has 0 bridgehead atoms. The number of likely N-dealkylation sites (tertiary alicyclic amines) is 1. The van der Waals surface area contributed by atoms with E-state index in [2.05, 4.69) is 0 Å². The van der Waals surface area contributed by atoms with Crippen LogP contribution in [0.25, 0.3) is 5.76 Å². The molecule has 6 nitrogen and oxygen atoms in total. The van der Waals surface area contributed by atoms with Crippen molar-refractivity contribution in [2.45, 2.75) is 38.8 Å². The van der Waals surface area contributed by atoms with Gasteiger partial charge in [0, 0.05) is 0 Å². The molecule has 1 fully saturated rings. The quantitative estimate of drug-likeness (QED) is 0.314. The van der Waals surface area contributed by atoms with E-state index < -0.39 is 23.5 Å². The van der Waals surface area contributed by atoms with Crippen LogP contribution in [0.5, 0.6) is 5.75 Å². The first-order valence-corrected chi connectivity index (χ1v) is 10.9. The molecule has 176 valence electrons. The Balaban J connectivity index is 1.93. The van der Waals surface area contributed by atoms with Gasteiger partial charge in [0.05, 0.1) is 37.1 Å². The van der Waals surface area contributed by atoms with Crippen LogP contribution in [0.1, 0.15) is 49.3 Å². The van der Waals surface area contributed by atoms with Crippen molar-refractivity contribution in [3.8, 4) is 5.75 Å². The predicted molar refractivity (Wildman–Crippen MR) is 125 cm³/mol. The van der Waals surface area contributed by atoms with Crippen molar-refractivity contribution in [3.05, 3.63) is 94.7 Å². The Hall–Kier alpha value is -3.87. The van der Waals surface area contributed by atoms with Crippen LogP contribution in [0.2, 0.25) is 0 Å². The molecule has 1 aliphatic heterocycles. The summed E-state index contributed by atoms with van der Waals surface area (Å²) in [5.41, 5.74) is 1.38. The van der Waals surface area contributed by atoms with E-state index in [4.69, 9.17) is 9.15 Å². The van der Waals surface area contributed by atoms with Crippen LogP contribution in [-0.2, 0) is 21.5 Å². The predicted octanol–water partition coefficient (Wildman–Crippen LogP) is 5.35. The molecule has 1 unspecified atom stereocenters. The highest BCUT2D eigenvalue weighted by Gasteiger charge is 2.46. The molecular weight excluding hydrogens is 437 g/mol. The van der Waals surface area contributed by atoms with E-state index in [0.717, 1.165) is 5.56 Å². The summed E-state index contributed by atoms with van der Waals surface area (Å²) in [4.78, 5) is 27.6. The lowest BCUT2D eigenvalue weighted by Crippen LogP contribution is -2.29. The van der Waals surface area contributed by atoms with E-state index in [0.29, 0.717) is 22.6 Å². The molecule has 2 heterocycles. The van der Waals surface area contributed by atoms with E-state index in [1.165, 1.54) is 42.5 Å². The lowest BCUT2D eigenvalue weighted by molar-refractivity contribution is -0.140. The van der Waals surface area contributed by atoms with Crippen molar-refractivity contribution in [2.75, 3.05) is 7.11 Å². The zero-order valence-electron chi connectivity index (χ0n) is 19.5. The Bertz CT molecular complexity index is 1250. The van der Waals surface area contributed by atoms with Gasteiger partial charge >= 0.3 is 0 Å². The first-order valence-electron chi connectivity index (χ1n) is 10.9. The summed E-state index contributed by atoms with van der Waals surface area (Å²) < 4.78 is 24.5. The Labute approximate surface area is 197 Å². The molecule has 0 aliphatic carbocycles. The molecule has 0 radical (unpaired) electrons. The largest absolute Gasteiger partial charge is 0.507 e. The van der Waals surface area contributed by atoms with Crippen LogP contribution in [0.4, 0.5) is 4.39 Å². The van der Waals surface area contributed by atoms with Gasteiger partial charge in [-0.25, -0.2) is 4.39 Å². The van der Waals surface area contributed by atoms with Gasteiger partial charge in [-0.2, -0.15) is 0 Å². The second kappa shape index (κ2) is 8.82. The summed E-state index contributed by atoms with van der Waals surface area (Å²) in [5.74, 6) is -1.58. The number of hydrogen-bond acceptors (Lipinski definition) is 5. The van der Waals surface area contributed by atoms with Crippen LogP contribution in [0, 0.1) is 5.82 Å². The van der Waals surface area contributed by atoms with E-state index in [9.17, 15) is 19.1 Å². The maximum Gasteiger partial charge on any atom is 0.296 e. The Kier molecular flexibility index (Phi) is 6.04. The standard InChI is InChI=1S/C27H26FNO5/c1-27(2,3)17-9-12-21(33-4)20(14-17)24(30)22-23(16-7-10-18(28)11-8-16)29(26(32)25(22)31)15-19-6-5-13-34-19/h5-14,23,30H,15H2,1-4H3/b24-22+. The molecule has 1 amide bonds. The fourth-order valence-electron chi connectivity index (χ4n) is 4.11. The molecule has 2 aromatic carbocycles. The number of aliphatic hydroxyl groups excluding tert-OH is 1. The summed E-state index contributed by atoms with van der Waals surface area (Å²) in [6.45, 7) is 6.09. The fraction of sp³-hybridized carbons (Fsp3) is 0.259. The highest BCUT2D eigenvalue weighted by molar-refractivity contribution is 6.46. The topological polar surface area (TPSA) is 80.0 Å². The molecule has 0 spiro atoms. The third-order valence-corrected chi connectivity index (χ3v) is 5.95. The van der Waals surface area contributed by atoms with Crippen LogP contribution >= 0.6 is 0 Å². The molecule has 1 aromatic heterocycles. The number of carbonyl (C=O) groups excluding carboxylic acids is 2. The average molecular weight is 464 g/mol. The summed E-state index contributed by atoms with van der Waals surface area (Å²) in [7, 11) is 1.47. The minimum Gasteiger partial charge on any atom is -0.507 e. The SMILES string of the molecule is COc1ccc(C(C)(C)C)cc1/C(O)=C1\C(=O)C(=O)N(Cc2ccco2)C1c1ccc(F)cc1. The Morgan fingerprint density at radius 3 is 2.41 bits per heavy atom. The van der Waals surface area contributed by atoms with Gasteiger partial charge in [0.1, 0.15) is 23.1 Å². The first kappa shape index (κ1) is 23.3. The molecule has 4 rings (SSSR count). The van der Waals surface area contributed by atoms with Gasteiger partial charge < -0.3 is 19.2 Å². The Morgan fingerprint density at radius 2 is 1.82 bits per heavy atom. The van der Waals surface area contributed by atoms with Gasteiger partial charge in [-0.05, 0) is 52.9 Å². The van der Waals surface area contributed by atoms with Crippen LogP contribution in [0.15, 0.2) is 70.9 Å². The van der Waals surface area contributed by atoms with Gasteiger partial charge in [-0.15, -0.1) is 0 Å². The number of ether oxygens (including phenoxy) is 1. The zero-order valence-corrected chi connectivity index (χ0v) is 19.5. The maximum absolute atomic E-state index is 13.7. The van der Waals surface area contributed by atoms with Crippen molar-refractivity contribution in [1.82, 2.24) is 4.90 Å². The number of nitrogens with zero attached hydrogens (tertiary/aromatic N) is 1. The van der Waals surface area contributed by atoms with Crippen molar-refractivity contribution in [2.24, 2.45) is 0 Å². The van der Waals surface area contributed by atoms with E-state index in [1.54, 1.807) is 24.3 Å². The van der Waals surface area contributed by atoms with E-state index >= 15 is 0 Å². The lowest BCUT2D eigenvalue weighted by Gasteiger charge is -2.25. The summed E-state index contributed by atoms with van der Waals surface area (Å²) >= 11 is 0. The molecule has 1 N–H and O–H groups in total. The number of hydrogen-bond donors (Lipinski definition) is 1. The molecular formula is C27H26FNO5. The highest BCUT2D eigenvalue weighted by atomic mass is 19.1. The average Bonchev–Trinajstić information content (AvgIpc) is 3.40. The third-order valence-electron chi connectivity index (χ3n) is 5.95. The third kappa shape index (κ3) is 4.21. The maximum atomic E-state index is 13.7. The second-order valence-electron chi connectivity index (χ2n) is 9.22. The molecule has 7 heteroatoms. The zero-order chi connectivity index (χ0) is 24.6. The van der Waals surface area contributed by atoms with Crippen molar-refractivity contribution >= 4 is 17.4 Å². The summed E-state index contributed by atoms with van der Waals surface area (Å²) in [6.07, 6.45) is 1.47. The fourth-order valence-corrected chi connectivity index (χ4v) is 4.11. The number of Topliss-reactive ketones (excluding diaryl/α,β-unsaturated/α-hetero) is 1. The minimum atomic E-state index is -0.936. The van der Waals surface area contributed by atoms with Crippen LogP contribution in [0.3, 0.4) is 0 Å². The van der Waals surface area contributed by atoms with Crippen molar-refractivity contribution in [1.29, 1.82) is 0 Å². The van der Waals surface area contributed by atoms with Crippen molar-refractivity contribution < 1.29 is 28.2 Å². The highest BCUT2D eigenvalue weighted by Crippen LogP contribution is 2.42. The molecule has 34 heavy (non-hydrogen) atoms. The number of amides is 1. The first-order chi connectivity index (χ1) is 16.1. The number of methoxy groups -OCH3 is 1.